The van der Waals surface area contributed by atoms with Crippen LogP contribution in [-0.4, -0.2) is 33.7 Å². The van der Waals surface area contributed by atoms with Gasteiger partial charge in [-0.3, -0.25) is 19.3 Å². The number of aliphatic carboxylic acids is 1. The van der Waals surface area contributed by atoms with Crippen molar-refractivity contribution in [2.45, 2.75) is 6.61 Å². The van der Waals surface area contributed by atoms with Gasteiger partial charge in [0.15, 0.2) is 5.75 Å². The lowest BCUT2D eigenvalue weighted by molar-refractivity contribution is -0.140. The summed E-state index contributed by atoms with van der Waals surface area (Å²) in [6, 6.07) is 10.7. The van der Waals surface area contributed by atoms with Gasteiger partial charge in [0.05, 0.1) is 15.0 Å². The van der Waals surface area contributed by atoms with Crippen LogP contribution >= 0.6 is 50.9 Å². The van der Waals surface area contributed by atoms with E-state index in [0.29, 0.717) is 28.0 Å². The van der Waals surface area contributed by atoms with Crippen molar-refractivity contribution in [2.24, 2.45) is 0 Å². The average Bonchev–Trinajstić information content (AvgIpc) is 2.89. The first-order chi connectivity index (χ1) is 13.7. The predicted octanol–water partition coefficient (Wildman–Crippen LogP) is 5.46. The summed E-state index contributed by atoms with van der Waals surface area (Å²) < 4.78 is 6.67. The van der Waals surface area contributed by atoms with Crippen molar-refractivity contribution in [1.29, 1.82) is 0 Å². The summed E-state index contributed by atoms with van der Waals surface area (Å²) in [5.41, 5.74) is 1.41. The number of rotatable bonds is 6. The molecule has 1 saturated heterocycles. The third kappa shape index (κ3) is 5.33. The Morgan fingerprint density at radius 2 is 1.79 bits per heavy atom. The molecule has 0 spiro atoms. The maximum Gasteiger partial charge on any atom is 0.323 e. The van der Waals surface area contributed by atoms with E-state index in [4.69, 9.17) is 33.0 Å². The minimum Gasteiger partial charge on any atom is -0.486 e. The number of amides is 2. The van der Waals surface area contributed by atoms with Crippen molar-refractivity contribution in [3.8, 4) is 5.75 Å². The third-order valence-corrected chi connectivity index (χ3v) is 5.78. The van der Waals surface area contributed by atoms with E-state index in [2.05, 4.69) is 15.9 Å². The molecule has 29 heavy (non-hydrogen) atoms. The Balaban J connectivity index is 1.77. The SMILES string of the molecule is O=C(O)CN1C(=O)S/C(=C/c2cc(Cl)c(OCc3ccc(Br)cc3)c(Cl)c2)C1=O. The molecule has 2 aromatic rings. The second kappa shape index (κ2) is 9.21. The second-order valence-electron chi connectivity index (χ2n) is 5.89. The fraction of sp³-hybridized carbons (Fsp3) is 0.105. The molecule has 1 aliphatic heterocycles. The molecule has 1 aliphatic rings. The number of carbonyl (C=O) groups excluding carboxylic acids is 2. The number of carboxylic acids is 1. The van der Waals surface area contributed by atoms with E-state index in [-0.39, 0.29) is 21.6 Å². The Morgan fingerprint density at radius 3 is 2.38 bits per heavy atom. The van der Waals surface area contributed by atoms with Crippen LogP contribution in [0.1, 0.15) is 11.1 Å². The summed E-state index contributed by atoms with van der Waals surface area (Å²) >= 11 is 16.6. The summed E-state index contributed by atoms with van der Waals surface area (Å²) in [5, 5.41) is 8.65. The maximum atomic E-state index is 12.2. The van der Waals surface area contributed by atoms with Gasteiger partial charge in [-0.05, 0) is 53.2 Å². The number of thioether (sulfide) groups is 1. The lowest BCUT2D eigenvalue weighted by Gasteiger charge is -2.11. The number of hydrogen-bond donors (Lipinski definition) is 1. The molecule has 1 N–H and O–H groups in total. The minimum atomic E-state index is -1.27. The van der Waals surface area contributed by atoms with Gasteiger partial charge >= 0.3 is 5.97 Å². The molecule has 1 heterocycles. The highest BCUT2D eigenvalue weighted by atomic mass is 79.9. The monoisotopic (exact) mass is 515 g/mol. The average molecular weight is 517 g/mol. The van der Waals surface area contributed by atoms with Gasteiger partial charge in [0.1, 0.15) is 13.2 Å². The topological polar surface area (TPSA) is 83.9 Å². The van der Waals surface area contributed by atoms with Crippen LogP contribution in [0, 0.1) is 0 Å². The number of nitrogens with zero attached hydrogens (tertiary/aromatic N) is 1. The van der Waals surface area contributed by atoms with Crippen LogP contribution in [-0.2, 0) is 16.2 Å². The molecule has 3 rings (SSSR count). The van der Waals surface area contributed by atoms with Gasteiger partial charge in [-0.1, -0.05) is 51.3 Å². The zero-order valence-corrected chi connectivity index (χ0v) is 18.4. The Morgan fingerprint density at radius 1 is 1.17 bits per heavy atom. The number of hydrogen-bond acceptors (Lipinski definition) is 5. The number of halogens is 3. The van der Waals surface area contributed by atoms with Crippen LogP contribution in [0.3, 0.4) is 0 Å². The third-order valence-electron chi connectivity index (χ3n) is 3.78. The lowest BCUT2D eigenvalue weighted by Crippen LogP contribution is -2.33. The van der Waals surface area contributed by atoms with Crippen molar-refractivity contribution < 1.29 is 24.2 Å². The molecule has 0 unspecified atom stereocenters. The summed E-state index contributed by atoms with van der Waals surface area (Å²) in [6.45, 7) is -0.424. The largest absolute Gasteiger partial charge is 0.486 e. The highest BCUT2D eigenvalue weighted by molar-refractivity contribution is 9.10. The molecule has 10 heteroatoms. The van der Waals surface area contributed by atoms with Gasteiger partial charge in [0.2, 0.25) is 0 Å². The minimum absolute atomic E-state index is 0.0897. The lowest BCUT2D eigenvalue weighted by atomic mass is 10.2. The number of carbonyl (C=O) groups is 3. The zero-order valence-electron chi connectivity index (χ0n) is 14.5. The van der Waals surface area contributed by atoms with Gasteiger partial charge in [0, 0.05) is 4.47 Å². The Labute approximate surface area is 188 Å². The Hall–Kier alpha value is -2.00. The van der Waals surface area contributed by atoms with Gasteiger partial charge in [0.25, 0.3) is 11.1 Å². The van der Waals surface area contributed by atoms with Crippen LogP contribution in [0.2, 0.25) is 10.0 Å². The summed E-state index contributed by atoms with van der Waals surface area (Å²) in [5.74, 6) is -1.65. The van der Waals surface area contributed by atoms with E-state index in [9.17, 15) is 14.4 Å². The van der Waals surface area contributed by atoms with E-state index in [1.165, 1.54) is 6.08 Å². The first-order valence-electron chi connectivity index (χ1n) is 8.08. The first-order valence-corrected chi connectivity index (χ1v) is 10.4. The van der Waals surface area contributed by atoms with Gasteiger partial charge < -0.3 is 9.84 Å². The number of carboxylic acid groups (broad SMARTS) is 1. The van der Waals surface area contributed by atoms with Crippen LogP contribution in [0.4, 0.5) is 4.79 Å². The van der Waals surface area contributed by atoms with Crippen molar-refractivity contribution >= 4 is 74.1 Å². The fourth-order valence-electron chi connectivity index (χ4n) is 2.46. The molecule has 2 amide bonds. The van der Waals surface area contributed by atoms with E-state index in [1.54, 1.807) is 12.1 Å². The van der Waals surface area contributed by atoms with Crippen LogP contribution in [0.15, 0.2) is 45.8 Å². The van der Waals surface area contributed by atoms with E-state index in [1.807, 2.05) is 24.3 Å². The second-order valence-corrected chi connectivity index (χ2v) is 8.61. The number of imide groups is 1. The van der Waals surface area contributed by atoms with Crippen molar-refractivity contribution in [1.82, 2.24) is 4.90 Å². The fourth-order valence-corrected chi connectivity index (χ4v) is 4.18. The van der Waals surface area contributed by atoms with Crippen LogP contribution < -0.4 is 4.74 Å². The van der Waals surface area contributed by atoms with E-state index in [0.717, 1.165) is 10.0 Å². The van der Waals surface area contributed by atoms with E-state index >= 15 is 0 Å². The number of ether oxygens (including phenoxy) is 1. The van der Waals surface area contributed by atoms with Crippen LogP contribution in [0.25, 0.3) is 6.08 Å². The zero-order chi connectivity index (χ0) is 21.1. The molecule has 150 valence electrons. The Kier molecular flexibility index (Phi) is 6.89. The quantitative estimate of drug-likeness (QED) is 0.513. The highest BCUT2D eigenvalue weighted by Gasteiger charge is 2.36. The molecular formula is C19H12BrCl2NO5S. The molecule has 0 bridgehead atoms. The molecule has 0 radical (unpaired) electrons. The number of benzene rings is 2. The molecule has 0 aliphatic carbocycles. The summed E-state index contributed by atoms with van der Waals surface area (Å²) in [4.78, 5) is 35.6. The van der Waals surface area contributed by atoms with E-state index < -0.39 is 23.7 Å². The molecule has 0 atom stereocenters. The molecular weight excluding hydrogens is 505 g/mol. The van der Waals surface area contributed by atoms with Crippen molar-refractivity contribution in [3.05, 3.63) is 66.9 Å². The van der Waals surface area contributed by atoms with Crippen LogP contribution in [0.5, 0.6) is 5.75 Å². The predicted molar refractivity (Wildman–Crippen MR) is 115 cm³/mol. The van der Waals surface area contributed by atoms with Gasteiger partial charge in [-0.25, -0.2) is 0 Å². The standard InChI is InChI=1S/C19H12BrCl2NO5S/c20-12-3-1-10(2-4-12)9-28-17-13(21)5-11(6-14(17)22)7-15-18(26)23(8-16(24)25)19(27)29-15/h1-7H,8-9H2,(H,24,25)/b15-7+. The maximum absolute atomic E-state index is 12.2. The highest BCUT2D eigenvalue weighted by Crippen LogP contribution is 2.37. The summed E-state index contributed by atoms with van der Waals surface area (Å²) in [7, 11) is 0. The normalized spacial score (nSPS) is 15.3. The van der Waals surface area contributed by atoms with Gasteiger partial charge in [-0.15, -0.1) is 0 Å². The van der Waals surface area contributed by atoms with Gasteiger partial charge in [-0.2, -0.15) is 0 Å². The molecule has 2 aromatic carbocycles. The first kappa shape index (κ1) is 21.7. The Bertz CT molecular complexity index is 1000. The molecule has 1 fully saturated rings. The smallest absolute Gasteiger partial charge is 0.323 e. The molecule has 0 saturated carbocycles. The molecule has 6 nitrogen and oxygen atoms in total. The summed E-state index contributed by atoms with van der Waals surface area (Å²) in [6.07, 6.45) is 1.43. The van der Waals surface area contributed by atoms with Crippen molar-refractivity contribution in [3.63, 3.8) is 0 Å². The molecule has 0 aromatic heterocycles. The van der Waals surface area contributed by atoms with Crippen molar-refractivity contribution in [2.75, 3.05) is 6.54 Å².